The van der Waals surface area contributed by atoms with Crippen LogP contribution < -0.4 is 5.32 Å². The van der Waals surface area contributed by atoms with Crippen molar-refractivity contribution >= 4 is 11.9 Å². The second kappa shape index (κ2) is 11.4. The smallest absolute Gasteiger partial charge is 0.336 e. The zero-order valence-electron chi connectivity index (χ0n) is 16.0. The third kappa shape index (κ3) is 8.65. The lowest BCUT2D eigenvalue weighted by molar-refractivity contribution is -0.138. The number of carbonyl (C=O) groups is 2. The highest BCUT2D eigenvalue weighted by atomic mass is 16.6. The topological polar surface area (TPSA) is 91.4 Å². The zero-order chi connectivity index (χ0) is 18.8. The lowest BCUT2D eigenvalue weighted by Crippen LogP contribution is -2.42. The first-order valence-corrected chi connectivity index (χ1v) is 9.37. The number of hydrogen-bond donors (Lipinski definition) is 2. The Bertz CT molecular complexity index is 412. The summed E-state index contributed by atoms with van der Waals surface area (Å²) in [5.74, 6) is -1.04. The van der Waals surface area contributed by atoms with Gasteiger partial charge in [-0.1, -0.05) is 27.7 Å². The van der Waals surface area contributed by atoms with Gasteiger partial charge < -0.3 is 24.8 Å². The normalized spacial score (nSPS) is 20.7. The van der Waals surface area contributed by atoms with E-state index in [2.05, 4.69) is 37.9 Å². The molecule has 1 saturated heterocycles. The fourth-order valence-corrected chi connectivity index (χ4v) is 2.83. The minimum atomic E-state index is -1.09. The van der Waals surface area contributed by atoms with Gasteiger partial charge in [-0.25, -0.2) is 4.79 Å². The van der Waals surface area contributed by atoms with E-state index >= 15 is 0 Å². The van der Waals surface area contributed by atoms with Gasteiger partial charge in [-0.3, -0.25) is 4.79 Å². The molecule has 0 aromatic rings. The molecular formula is C18H34N2O5. The first-order chi connectivity index (χ1) is 11.9. The first-order valence-electron chi connectivity index (χ1n) is 9.37. The van der Waals surface area contributed by atoms with Crippen molar-refractivity contribution in [1.82, 2.24) is 10.2 Å². The molecule has 0 aromatic heterocycles. The number of epoxide rings is 1. The molecule has 25 heavy (non-hydrogen) atoms. The van der Waals surface area contributed by atoms with Crippen LogP contribution in [0.15, 0.2) is 0 Å². The van der Waals surface area contributed by atoms with E-state index in [0.717, 1.165) is 38.9 Å². The number of amides is 1. The van der Waals surface area contributed by atoms with Crippen LogP contribution in [0.5, 0.6) is 0 Å². The van der Waals surface area contributed by atoms with E-state index in [4.69, 9.17) is 14.6 Å². The summed E-state index contributed by atoms with van der Waals surface area (Å²) in [4.78, 5) is 25.2. The van der Waals surface area contributed by atoms with Crippen molar-refractivity contribution in [2.24, 2.45) is 5.92 Å². The van der Waals surface area contributed by atoms with Crippen molar-refractivity contribution < 1.29 is 24.2 Å². The van der Waals surface area contributed by atoms with Crippen LogP contribution in [-0.4, -0.2) is 73.0 Å². The average Bonchev–Trinajstić information content (AvgIpc) is 3.34. The lowest BCUT2D eigenvalue weighted by Gasteiger charge is -2.21. The maximum absolute atomic E-state index is 12.0. The highest BCUT2D eigenvalue weighted by molar-refractivity contribution is 5.92. The highest BCUT2D eigenvalue weighted by Gasteiger charge is 2.51. The predicted molar refractivity (Wildman–Crippen MR) is 95.5 cm³/mol. The van der Waals surface area contributed by atoms with Gasteiger partial charge in [-0.05, 0) is 44.8 Å². The Morgan fingerprint density at radius 1 is 1.20 bits per heavy atom. The van der Waals surface area contributed by atoms with Crippen molar-refractivity contribution in [3.63, 3.8) is 0 Å². The fraction of sp³-hybridized carbons (Fsp3) is 0.889. The van der Waals surface area contributed by atoms with E-state index in [-0.39, 0.29) is 11.9 Å². The van der Waals surface area contributed by atoms with E-state index in [1.165, 1.54) is 0 Å². The molecule has 1 fully saturated rings. The van der Waals surface area contributed by atoms with Gasteiger partial charge in [0.2, 0.25) is 0 Å². The molecule has 1 unspecified atom stereocenters. The summed E-state index contributed by atoms with van der Waals surface area (Å²) in [6, 6.07) is -0.117. The molecular weight excluding hydrogens is 324 g/mol. The summed E-state index contributed by atoms with van der Waals surface area (Å²) in [5.41, 5.74) is 0. The SMILES string of the molecule is CCN(CC)CCCCOCC(CC(C)C)NC(=O)[C@H]1O[C@@H]1C(=O)O. The standard InChI is InChI=1S/C18H34N2O5/c1-5-20(6-2)9-7-8-10-24-12-14(11-13(3)4)19-17(21)15-16(25-15)18(22)23/h13-16H,5-12H2,1-4H3,(H,19,21)(H,22,23)/t14?,15-,16-/m0/s1. The summed E-state index contributed by atoms with van der Waals surface area (Å²) >= 11 is 0. The van der Waals surface area contributed by atoms with Gasteiger partial charge in [0.1, 0.15) is 0 Å². The Kier molecular flexibility index (Phi) is 10.0. The number of nitrogens with one attached hydrogen (secondary N) is 1. The van der Waals surface area contributed by atoms with E-state index in [9.17, 15) is 9.59 Å². The van der Waals surface area contributed by atoms with Gasteiger partial charge in [0.25, 0.3) is 5.91 Å². The molecule has 1 heterocycles. The molecule has 3 atom stereocenters. The maximum Gasteiger partial charge on any atom is 0.336 e. The molecule has 7 heteroatoms. The molecule has 1 amide bonds. The second-order valence-electron chi connectivity index (χ2n) is 6.96. The Morgan fingerprint density at radius 2 is 1.88 bits per heavy atom. The number of unbranched alkanes of at least 4 members (excludes halogenated alkanes) is 1. The average molecular weight is 358 g/mol. The first kappa shape index (κ1) is 21.9. The van der Waals surface area contributed by atoms with Crippen LogP contribution in [0.1, 0.15) is 47.0 Å². The number of hydrogen-bond acceptors (Lipinski definition) is 5. The summed E-state index contributed by atoms with van der Waals surface area (Å²) < 4.78 is 10.6. The number of rotatable bonds is 14. The number of carboxylic acid groups (broad SMARTS) is 1. The minimum absolute atomic E-state index is 0.117. The summed E-state index contributed by atoms with van der Waals surface area (Å²) in [5, 5.41) is 11.7. The van der Waals surface area contributed by atoms with E-state index in [1.807, 2.05) is 0 Å². The largest absolute Gasteiger partial charge is 0.479 e. The molecule has 0 aromatic carbocycles. The number of ether oxygens (including phenoxy) is 2. The molecule has 7 nitrogen and oxygen atoms in total. The van der Waals surface area contributed by atoms with E-state index in [0.29, 0.717) is 19.1 Å². The van der Waals surface area contributed by atoms with Crippen LogP contribution in [0.4, 0.5) is 0 Å². The zero-order valence-corrected chi connectivity index (χ0v) is 16.0. The van der Waals surface area contributed by atoms with Gasteiger partial charge in [0, 0.05) is 6.61 Å². The third-order valence-electron chi connectivity index (χ3n) is 4.32. The van der Waals surface area contributed by atoms with Crippen molar-refractivity contribution in [3.05, 3.63) is 0 Å². The van der Waals surface area contributed by atoms with E-state index in [1.54, 1.807) is 0 Å². The Labute approximate surface area is 151 Å². The quantitative estimate of drug-likeness (QED) is 0.361. The Morgan fingerprint density at radius 3 is 2.40 bits per heavy atom. The monoisotopic (exact) mass is 358 g/mol. The minimum Gasteiger partial charge on any atom is -0.479 e. The van der Waals surface area contributed by atoms with Crippen LogP contribution in [0.2, 0.25) is 0 Å². The molecule has 0 radical (unpaired) electrons. The molecule has 1 aliphatic heterocycles. The molecule has 0 spiro atoms. The van der Waals surface area contributed by atoms with Gasteiger partial charge in [-0.15, -0.1) is 0 Å². The van der Waals surface area contributed by atoms with Gasteiger partial charge in [0.05, 0.1) is 12.6 Å². The third-order valence-corrected chi connectivity index (χ3v) is 4.32. The molecule has 0 saturated carbocycles. The molecule has 2 N–H and O–H groups in total. The molecule has 0 bridgehead atoms. The van der Waals surface area contributed by atoms with Crippen molar-refractivity contribution in [2.75, 3.05) is 32.8 Å². The van der Waals surface area contributed by atoms with E-state index < -0.39 is 18.2 Å². The number of nitrogens with zero attached hydrogens (tertiary/aromatic N) is 1. The fourth-order valence-electron chi connectivity index (χ4n) is 2.83. The number of aliphatic carboxylic acids is 1. The van der Waals surface area contributed by atoms with Crippen molar-refractivity contribution in [1.29, 1.82) is 0 Å². The van der Waals surface area contributed by atoms with Crippen molar-refractivity contribution in [2.45, 2.75) is 65.2 Å². The van der Waals surface area contributed by atoms with Crippen molar-refractivity contribution in [3.8, 4) is 0 Å². The number of carboxylic acids is 1. The molecule has 146 valence electrons. The van der Waals surface area contributed by atoms with Crippen LogP contribution >= 0.6 is 0 Å². The highest BCUT2D eigenvalue weighted by Crippen LogP contribution is 2.22. The Balaban J connectivity index is 2.24. The molecule has 0 aliphatic carbocycles. The van der Waals surface area contributed by atoms with Crippen LogP contribution in [0.3, 0.4) is 0 Å². The van der Waals surface area contributed by atoms with Crippen LogP contribution in [0.25, 0.3) is 0 Å². The Hall–Kier alpha value is -1.18. The van der Waals surface area contributed by atoms with Gasteiger partial charge in [0.15, 0.2) is 12.2 Å². The van der Waals surface area contributed by atoms with Gasteiger partial charge >= 0.3 is 5.97 Å². The summed E-state index contributed by atoms with van der Waals surface area (Å²) in [6.07, 6.45) is 1.02. The summed E-state index contributed by atoms with van der Waals surface area (Å²) in [7, 11) is 0. The molecule has 1 aliphatic rings. The lowest BCUT2D eigenvalue weighted by atomic mass is 10.0. The van der Waals surface area contributed by atoms with Gasteiger partial charge in [-0.2, -0.15) is 0 Å². The number of carbonyl (C=O) groups excluding carboxylic acids is 1. The maximum atomic E-state index is 12.0. The summed E-state index contributed by atoms with van der Waals surface area (Å²) in [6.45, 7) is 12.8. The molecule has 1 rings (SSSR count). The van der Waals surface area contributed by atoms with Crippen LogP contribution in [-0.2, 0) is 19.1 Å². The van der Waals surface area contributed by atoms with Crippen LogP contribution in [0, 0.1) is 5.92 Å². The second-order valence-corrected chi connectivity index (χ2v) is 6.96. The predicted octanol–water partition coefficient (Wildman–Crippen LogP) is 1.51.